The first-order valence-electron chi connectivity index (χ1n) is 8.69. The molecule has 0 bridgehead atoms. The van der Waals surface area contributed by atoms with Crippen LogP contribution in [0.2, 0.25) is 0 Å². The molecule has 1 saturated heterocycles. The maximum atomic E-state index is 11.8. The molecule has 0 N–H and O–H groups in total. The van der Waals surface area contributed by atoms with E-state index >= 15 is 0 Å². The number of thioether (sulfide) groups is 2. The average Bonchev–Trinajstić information content (AvgIpc) is 2.63. The van der Waals surface area contributed by atoms with Crippen molar-refractivity contribution in [3.8, 4) is 0 Å². The normalized spacial score (nSPS) is 18.4. The minimum absolute atomic E-state index is 0.00670. The van der Waals surface area contributed by atoms with Gasteiger partial charge >= 0.3 is 0 Å². The summed E-state index contributed by atoms with van der Waals surface area (Å²) < 4.78 is 0. The summed E-state index contributed by atoms with van der Waals surface area (Å²) in [6.45, 7) is 16.9. The first-order chi connectivity index (χ1) is 10.6. The van der Waals surface area contributed by atoms with Crippen LogP contribution in [0.4, 0.5) is 0 Å². The van der Waals surface area contributed by atoms with E-state index in [2.05, 4.69) is 39.5 Å². The van der Waals surface area contributed by atoms with E-state index in [0.29, 0.717) is 11.7 Å². The van der Waals surface area contributed by atoms with Gasteiger partial charge in [-0.2, -0.15) is 11.8 Å². The Morgan fingerprint density at radius 3 is 1.91 bits per heavy atom. The van der Waals surface area contributed by atoms with E-state index in [-0.39, 0.29) is 23.1 Å². The van der Waals surface area contributed by atoms with Crippen LogP contribution in [-0.2, 0) is 9.59 Å². The molecule has 5 heteroatoms. The zero-order valence-electron chi connectivity index (χ0n) is 16.1. The number of hydrogen-bond donors (Lipinski definition) is 0. The molecule has 0 radical (unpaired) electrons. The van der Waals surface area contributed by atoms with Crippen LogP contribution in [-0.4, -0.2) is 44.3 Å². The second kappa shape index (κ2) is 11.4. The molecule has 1 fully saturated rings. The number of rotatable bonds is 7. The molecule has 1 atom stereocenters. The van der Waals surface area contributed by atoms with Crippen molar-refractivity contribution >= 4 is 35.3 Å². The van der Waals surface area contributed by atoms with Gasteiger partial charge < -0.3 is 0 Å². The van der Waals surface area contributed by atoms with Gasteiger partial charge in [-0.3, -0.25) is 14.5 Å². The highest BCUT2D eigenvalue weighted by Gasteiger charge is 2.40. The van der Waals surface area contributed by atoms with Gasteiger partial charge in [0, 0.05) is 12.5 Å². The molecular weight excluding hydrogens is 326 g/mol. The van der Waals surface area contributed by atoms with Crippen LogP contribution in [0.3, 0.4) is 0 Å². The van der Waals surface area contributed by atoms with Crippen molar-refractivity contribution < 1.29 is 9.59 Å². The van der Waals surface area contributed by atoms with E-state index in [1.54, 1.807) is 11.8 Å². The number of likely N-dealkylation sites (tertiary alicyclic amines) is 1. The highest BCUT2D eigenvalue weighted by Crippen LogP contribution is 2.29. The van der Waals surface area contributed by atoms with E-state index in [4.69, 9.17) is 0 Å². The highest BCUT2D eigenvalue weighted by atomic mass is 32.2. The van der Waals surface area contributed by atoms with Gasteiger partial charge in [-0.1, -0.05) is 41.5 Å². The molecule has 1 rings (SSSR count). The van der Waals surface area contributed by atoms with E-state index in [9.17, 15) is 9.59 Å². The van der Waals surface area contributed by atoms with Crippen LogP contribution in [0, 0.1) is 5.92 Å². The Morgan fingerprint density at radius 2 is 1.57 bits per heavy atom. The average molecular weight is 362 g/mol. The van der Waals surface area contributed by atoms with Crippen LogP contribution < -0.4 is 0 Å². The van der Waals surface area contributed by atoms with E-state index in [1.165, 1.54) is 17.1 Å². The van der Waals surface area contributed by atoms with Crippen molar-refractivity contribution in [1.82, 2.24) is 4.90 Å². The van der Waals surface area contributed by atoms with Gasteiger partial charge in [0.2, 0.25) is 11.8 Å². The van der Waals surface area contributed by atoms with Crippen molar-refractivity contribution in [2.24, 2.45) is 5.92 Å². The Kier molecular flexibility index (Phi) is 11.3. The lowest BCUT2D eigenvalue weighted by Gasteiger charge is -2.19. The summed E-state index contributed by atoms with van der Waals surface area (Å²) in [5.74, 6) is 2.16. The molecule has 1 unspecified atom stereocenters. The Morgan fingerprint density at radius 1 is 1.00 bits per heavy atom. The van der Waals surface area contributed by atoms with Crippen LogP contribution >= 0.6 is 23.5 Å². The Labute approximate surface area is 151 Å². The van der Waals surface area contributed by atoms with Gasteiger partial charge in [0.05, 0.1) is 5.25 Å². The Bertz CT molecular complexity index is 360. The molecule has 3 nitrogen and oxygen atoms in total. The fourth-order valence-corrected chi connectivity index (χ4v) is 4.34. The van der Waals surface area contributed by atoms with Crippen LogP contribution in [0.1, 0.15) is 68.2 Å². The van der Waals surface area contributed by atoms with Gasteiger partial charge in [0.1, 0.15) is 0 Å². The summed E-state index contributed by atoms with van der Waals surface area (Å²) >= 11 is 3.64. The molecule has 0 aliphatic carbocycles. The van der Waals surface area contributed by atoms with Crippen molar-refractivity contribution in [2.45, 2.75) is 90.0 Å². The molecule has 2 amide bonds. The van der Waals surface area contributed by atoms with Gasteiger partial charge in [-0.05, 0) is 42.4 Å². The molecule has 1 aliphatic rings. The first kappa shape index (κ1) is 22.8. The number of carbonyl (C=O) groups is 2. The van der Waals surface area contributed by atoms with Gasteiger partial charge in [-0.15, -0.1) is 11.8 Å². The Balaban J connectivity index is 0.000000468. The molecule has 0 aromatic heterocycles. The zero-order chi connectivity index (χ0) is 18.2. The third-order valence-electron chi connectivity index (χ3n) is 3.24. The molecule has 0 saturated carbocycles. The predicted molar refractivity (Wildman–Crippen MR) is 105 cm³/mol. The summed E-state index contributed by atoms with van der Waals surface area (Å²) in [5, 5.41) is 1.05. The highest BCUT2D eigenvalue weighted by molar-refractivity contribution is 8.01. The number of nitrogens with zero attached hydrogens (tertiary/aromatic N) is 1. The topological polar surface area (TPSA) is 37.4 Å². The fraction of sp³-hybridized carbons (Fsp3) is 0.889. The van der Waals surface area contributed by atoms with Crippen molar-refractivity contribution in [3.63, 3.8) is 0 Å². The van der Waals surface area contributed by atoms with Gasteiger partial charge in [-0.25, -0.2) is 0 Å². The third-order valence-corrected chi connectivity index (χ3v) is 5.62. The van der Waals surface area contributed by atoms with Crippen molar-refractivity contribution in [2.75, 3.05) is 5.75 Å². The summed E-state index contributed by atoms with van der Waals surface area (Å²) in [4.78, 5) is 24.7. The number of amides is 2. The minimum Gasteiger partial charge on any atom is -0.279 e. The van der Waals surface area contributed by atoms with Crippen LogP contribution in [0.25, 0.3) is 0 Å². The minimum atomic E-state index is -0.148. The smallest absolute Gasteiger partial charge is 0.243 e. The van der Waals surface area contributed by atoms with Crippen LogP contribution in [0.15, 0.2) is 0 Å². The van der Waals surface area contributed by atoms with E-state index < -0.39 is 0 Å². The summed E-state index contributed by atoms with van der Waals surface area (Å²) in [6, 6.07) is -0.00670. The number of imide groups is 1. The maximum Gasteiger partial charge on any atom is 0.243 e. The first-order valence-corrected chi connectivity index (χ1v) is 10.7. The maximum absolute atomic E-state index is 11.8. The Hall–Kier alpha value is -0.160. The molecule has 23 heavy (non-hydrogen) atoms. The SMILES string of the molecule is CC(C)CCSC(C)C.CC(C)SC1CC(=O)N(C(C)C)C1=O. The molecule has 1 heterocycles. The zero-order valence-corrected chi connectivity index (χ0v) is 17.7. The molecular formula is C18H35NO2S2. The second-order valence-electron chi connectivity index (χ2n) is 7.18. The number of hydrogen-bond acceptors (Lipinski definition) is 4. The lowest BCUT2D eigenvalue weighted by Crippen LogP contribution is -2.37. The van der Waals surface area contributed by atoms with Crippen LogP contribution in [0.5, 0.6) is 0 Å². The lowest BCUT2D eigenvalue weighted by molar-refractivity contribution is -0.140. The largest absolute Gasteiger partial charge is 0.279 e. The lowest BCUT2D eigenvalue weighted by atomic mass is 10.2. The van der Waals surface area contributed by atoms with E-state index in [1.807, 2.05) is 27.7 Å². The third kappa shape index (κ3) is 9.65. The molecule has 1 aliphatic heterocycles. The summed E-state index contributed by atoms with van der Waals surface area (Å²) in [7, 11) is 0. The monoisotopic (exact) mass is 361 g/mol. The number of carbonyl (C=O) groups excluding carboxylic acids is 2. The summed E-state index contributed by atoms with van der Waals surface area (Å²) in [5.41, 5.74) is 0. The molecule has 0 aromatic rings. The summed E-state index contributed by atoms with van der Waals surface area (Å²) in [6.07, 6.45) is 1.74. The van der Waals surface area contributed by atoms with Crippen molar-refractivity contribution in [3.05, 3.63) is 0 Å². The van der Waals surface area contributed by atoms with E-state index in [0.717, 1.165) is 11.2 Å². The molecule has 136 valence electrons. The van der Waals surface area contributed by atoms with Gasteiger partial charge in [0.25, 0.3) is 0 Å². The second-order valence-corrected chi connectivity index (χ2v) is 10.6. The predicted octanol–water partition coefficient (Wildman–Crippen LogP) is 4.84. The fourth-order valence-electron chi connectivity index (χ4n) is 2.14. The standard InChI is InChI=1S/C10H17NO2S.C8H18S/c1-6(2)11-9(12)5-8(10(11)13)14-7(3)4;1-7(2)5-6-9-8(3)4/h6-8H,5H2,1-4H3;7-8H,5-6H2,1-4H3. The molecule has 0 aromatic carbocycles. The quantitative estimate of drug-likeness (QED) is 0.608. The van der Waals surface area contributed by atoms with Gasteiger partial charge in [0.15, 0.2) is 0 Å². The van der Waals surface area contributed by atoms with Crippen molar-refractivity contribution in [1.29, 1.82) is 0 Å². The molecule has 0 spiro atoms.